The number of rotatable bonds is 10. The van der Waals surface area contributed by atoms with E-state index in [2.05, 4.69) is 21.9 Å². The summed E-state index contributed by atoms with van der Waals surface area (Å²) >= 11 is 0. The van der Waals surface area contributed by atoms with Crippen molar-refractivity contribution < 1.29 is 36.9 Å². The van der Waals surface area contributed by atoms with Crippen molar-refractivity contribution in [3.8, 4) is 11.5 Å². The largest absolute Gasteiger partial charge is 3.00 e. The standard InChI is InChI=1S/C21H27N3O2.C2H4O2.Co/c1-24(14-6-12-22-16-18-8-2-4-10-20(18)25)15-7-13-23-17-19-9-3-5-11-21(19)26;1-2(3)4;/h2-5,8-11,16-17,25-26H,6-7,12-15H2,1H3;1H3,(H,3,4);/q;;+3/p-3. The van der Waals surface area contributed by atoms with Gasteiger partial charge >= 0.3 is 16.8 Å². The van der Waals surface area contributed by atoms with Crippen LogP contribution in [0.15, 0.2) is 58.5 Å². The van der Waals surface area contributed by atoms with Crippen LogP contribution in [-0.4, -0.2) is 56.5 Å². The van der Waals surface area contributed by atoms with E-state index in [0.717, 1.165) is 32.9 Å². The molecule has 0 heterocycles. The summed E-state index contributed by atoms with van der Waals surface area (Å²) in [5.41, 5.74) is 1.27. The van der Waals surface area contributed by atoms with E-state index in [4.69, 9.17) is 9.90 Å². The third kappa shape index (κ3) is 14.0. The number of nitrogens with zero attached hydrogens (tertiary/aromatic N) is 3. The molecular formula is C23H28CoN3O4. The average molecular weight is 469 g/mol. The van der Waals surface area contributed by atoms with Crippen LogP contribution in [0, 0.1) is 0 Å². The molecule has 2 rings (SSSR count). The molecule has 168 valence electrons. The van der Waals surface area contributed by atoms with Gasteiger partial charge in [0.25, 0.3) is 0 Å². The van der Waals surface area contributed by atoms with Crippen LogP contribution in [0.1, 0.15) is 30.9 Å². The number of para-hydroxylation sites is 2. The van der Waals surface area contributed by atoms with Crippen molar-refractivity contribution in [1.29, 1.82) is 0 Å². The van der Waals surface area contributed by atoms with Gasteiger partial charge in [0, 0.05) is 31.5 Å². The molecule has 0 saturated heterocycles. The molecule has 31 heavy (non-hydrogen) atoms. The van der Waals surface area contributed by atoms with E-state index < -0.39 is 5.97 Å². The number of aliphatic carboxylic acids is 1. The number of carboxylic acids is 1. The molecule has 0 amide bonds. The second-order valence-electron chi connectivity index (χ2n) is 6.65. The number of carboxylic acid groups (broad SMARTS) is 1. The van der Waals surface area contributed by atoms with Crippen molar-refractivity contribution in [1.82, 2.24) is 4.90 Å². The second-order valence-corrected chi connectivity index (χ2v) is 6.65. The Balaban J connectivity index is 0.00000165. The summed E-state index contributed by atoms with van der Waals surface area (Å²) in [6, 6.07) is 13.8. The quantitative estimate of drug-likeness (QED) is 0.378. The first kappa shape index (κ1) is 28.3. The summed E-state index contributed by atoms with van der Waals surface area (Å²) in [6.07, 6.45) is 5.21. The van der Waals surface area contributed by atoms with Gasteiger partial charge in [0.1, 0.15) is 0 Å². The molecule has 0 unspecified atom stereocenters. The van der Waals surface area contributed by atoms with Gasteiger partial charge in [-0.25, -0.2) is 0 Å². The fourth-order valence-corrected chi connectivity index (χ4v) is 2.48. The minimum absolute atomic E-state index is 0. The van der Waals surface area contributed by atoms with Crippen LogP contribution < -0.4 is 15.3 Å². The molecule has 7 nitrogen and oxygen atoms in total. The predicted molar refractivity (Wildman–Crippen MR) is 114 cm³/mol. The van der Waals surface area contributed by atoms with Gasteiger partial charge in [-0.15, -0.1) is 11.5 Å². The Kier molecular flexibility index (Phi) is 15.6. The molecule has 0 N–H and O–H groups in total. The molecule has 0 fully saturated rings. The predicted octanol–water partition coefficient (Wildman–Crippen LogP) is 0.838. The third-order valence-corrected chi connectivity index (χ3v) is 3.95. The van der Waals surface area contributed by atoms with E-state index in [1.807, 2.05) is 12.1 Å². The number of aliphatic imine (C=N–C) groups is 2. The Labute approximate surface area is 194 Å². The number of hydrogen-bond acceptors (Lipinski definition) is 7. The number of carbonyl (C=O) groups excluding carboxylic acids is 1. The van der Waals surface area contributed by atoms with Gasteiger partial charge in [0.05, 0.1) is 0 Å². The topological polar surface area (TPSA) is 114 Å². The SMILES string of the molecule is CC(=O)[O-].CN(CCCN=Cc1ccccc1[O-])CCCN=Cc1ccccc1[O-].[Co+3]. The van der Waals surface area contributed by atoms with E-state index in [0.29, 0.717) is 24.2 Å². The van der Waals surface area contributed by atoms with Crippen molar-refractivity contribution in [2.45, 2.75) is 19.8 Å². The van der Waals surface area contributed by atoms with Gasteiger partial charge in [-0.3, -0.25) is 9.98 Å². The minimum atomic E-state index is -1.08. The average Bonchev–Trinajstić information content (AvgIpc) is 2.70. The van der Waals surface area contributed by atoms with Gasteiger partial charge in [-0.1, -0.05) is 48.5 Å². The summed E-state index contributed by atoms with van der Waals surface area (Å²) in [5, 5.41) is 32.0. The molecule has 0 spiro atoms. The van der Waals surface area contributed by atoms with Crippen LogP contribution in [0.5, 0.6) is 11.5 Å². The van der Waals surface area contributed by atoms with Crippen molar-refractivity contribution in [3.05, 3.63) is 59.7 Å². The Morgan fingerprint density at radius 2 is 1.23 bits per heavy atom. The Morgan fingerprint density at radius 1 is 0.871 bits per heavy atom. The molecule has 0 aliphatic carbocycles. The number of benzene rings is 2. The number of hydrogen-bond donors (Lipinski definition) is 0. The number of carbonyl (C=O) groups is 1. The Hall–Kier alpha value is -2.68. The summed E-state index contributed by atoms with van der Waals surface area (Å²) in [4.78, 5) is 19.8. The third-order valence-electron chi connectivity index (χ3n) is 3.95. The van der Waals surface area contributed by atoms with Crippen LogP contribution in [0.25, 0.3) is 0 Å². The Morgan fingerprint density at radius 3 is 1.58 bits per heavy atom. The molecule has 0 aliphatic heterocycles. The Bertz CT molecular complexity index is 762. The zero-order valence-electron chi connectivity index (χ0n) is 17.8. The van der Waals surface area contributed by atoms with E-state index in [1.165, 1.54) is 0 Å². The maximum atomic E-state index is 11.5. The van der Waals surface area contributed by atoms with E-state index in [9.17, 15) is 10.2 Å². The molecule has 0 atom stereocenters. The maximum absolute atomic E-state index is 11.5. The second kappa shape index (κ2) is 17.0. The van der Waals surface area contributed by atoms with Gasteiger partial charge in [-0.2, -0.15) is 0 Å². The molecule has 0 aliphatic rings. The van der Waals surface area contributed by atoms with Crippen molar-refractivity contribution >= 4 is 18.4 Å². The van der Waals surface area contributed by atoms with Crippen LogP contribution in [-0.2, 0) is 21.6 Å². The van der Waals surface area contributed by atoms with Crippen molar-refractivity contribution in [2.24, 2.45) is 9.98 Å². The first-order chi connectivity index (χ1) is 14.4. The normalized spacial score (nSPS) is 10.7. The van der Waals surface area contributed by atoms with Crippen LogP contribution in [0.2, 0.25) is 0 Å². The summed E-state index contributed by atoms with van der Waals surface area (Å²) < 4.78 is 0. The van der Waals surface area contributed by atoms with Gasteiger partial charge in [0.15, 0.2) is 0 Å². The smallest absolute Gasteiger partial charge is 0.872 e. The molecule has 0 aromatic heterocycles. The van der Waals surface area contributed by atoms with E-state index >= 15 is 0 Å². The van der Waals surface area contributed by atoms with Gasteiger partial charge < -0.3 is 25.0 Å². The van der Waals surface area contributed by atoms with Gasteiger partial charge in [0.2, 0.25) is 0 Å². The molecule has 0 saturated carbocycles. The monoisotopic (exact) mass is 469 g/mol. The summed E-state index contributed by atoms with van der Waals surface area (Å²) in [7, 11) is 2.08. The molecule has 0 radical (unpaired) electrons. The molecule has 2 aromatic rings. The first-order valence-corrected chi connectivity index (χ1v) is 9.78. The fourth-order valence-electron chi connectivity index (χ4n) is 2.48. The van der Waals surface area contributed by atoms with E-state index in [1.54, 1.807) is 48.8 Å². The first-order valence-electron chi connectivity index (χ1n) is 9.78. The van der Waals surface area contributed by atoms with Crippen LogP contribution >= 0.6 is 0 Å². The van der Waals surface area contributed by atoms with E-state index in [-0.39, 0.29) is 28.3 Å². The summed E-state index contributed by atoms with van der Waals surface area (Å²) in [5.74, 6) is -1.07. The molecule has 2 aromatic carbocycles. The van der Waals surface area contributed by atoms with Crippen molar-refractivity contribution in [2.75, 3.05) is 33.2 Å². The summed E-state index contributed by atoms with van der Waals surface area (Å²) in [6.45, 7) is 4.28. The van der Waals surface area contributed by atoms with Gasteiger partial charge in [-0.05, 0) is 51.0 Å². The fraction of sp³-hybridized carbons (Fsp3) is 0.348. The minimum Gasteiger partial charge on any atom is -0.872 e. The van der Waals surface area contributed by atoms with Crippen LogP contribution in [0.3, 0.4) is 0 Å². The van der Waals surface area contributed by atoms with Crippen LogP contribution in [0.4, 0.5) is 0 Å². The maximum Gasteiger partial charge on any atom is 3.00 e. The molecule has 0 bridgehead atoms. The van der Waals surface area contributed by atoms with Crippen molar-refractivity contribution in [3.63, 3.8) is 0 Å². The zero-order valence-corrected chi connectivity index (χ0v) is 18.9. The molecule has 8 heteroatoms. The molecular weight excluding hydrogens is 441 g/mol. The zero-order chi connectivity index (χ0) is 22.2.